The highest BCUT2D eigenvalue weighted by Crippen LogP contribution is 2.14. The Hall–Kier alpha value is -2.45. The predicted molar refractivity (Wildman–Crippen MR) is 110 cm³/mol. The van der Waals surface area contributed by atoms with Crippen molar-refractivity contribution >= 4 is 16.0 Å². The molecule has 0 bridgehead atoms. The fraction of sp³-hybridized carbons (Fsp3) is 0.350. The van der Waals surface area contributed by atoms with E-state index in [1.807, 2.05) is 18.9 Å². The van der Waals surface area contributed by atoms with Crippen molar-refractivity contribution in [2.45, 2.75) is 24.9 Å². The largest absolute Gasteiger partial charge is 0.357 e. The van der Waals surface area contributed by atoms with Gasteiger partial charge in [-0.25, -0.2) is 22.1 Å². The van der Waals surface area contributed by atoms with Crippen molar-refractivity contribution in [3.8, 4) is 0 Å². The first kappa shape index (κ1) is 21.8. The van der Waals surface area contributed by atoms with Crippen LogP contribution in [0.25, 0.3) is 0 Å². The number of nitrogens with zero attached hydrogens (tertiary/aromatic N) is 3. The van der Waals surface area contributed by atoms with Crippen molar-refractivity contribution in [3.05, 3.63) is 65.5 Å². The molecule has 1 N–H and O–H groups in total. The molecule has 152 valence electrons. The topological polar surface area (TPSA) is 65.0 Å². The van der Waals surface area contributed by atoms with E-state index in [9.17, 15) is 12.8 Å². The van der Waals surface area contributed by atoms with Gasteiger partial charge in [-0.2, -0.15) is 0 Å². The molecule has 2 aromatic carbocycles. The van der Waals surface area contributed by atoms with Gasteiger partial charge < -0.3 is 10.2 Å². The molecule has 0 unspecified atom stereocenters. The molecule has 2 rings (SSSR count). The molecule has 0 amide bonds. The van der Waals surface area contributed by atoms with Gasteiger partial charge in [0.15, 0.2) is 5.96 Å². The summed E-state index contributed by atoms with van der Waals surface area (Å²) in [5.41, 5.74) is 1.89. The van der Waals surface area contributed by atoms with Gasteiger partial charge >= 0.3 is 0 Å². The fourth-order valence-electron chi connectivity index (χ4n) is 2.55. The van der Waals surface area contributed by atoms with Gasteiger partial charge in [-0.05, 0) is 42.3 Å². The summed E-state index contributed by atoms with van der Waals surface area (Å²) in [5.74, 6) is 0.462. The first-order valence-electron chi connectivity index (χ1n) is 8.99. The Balaban J connectivity index is 2.10. The van der Waals surface area contributed by atoms with Gasteiger partial charge in [-0.1, -0.05) is 24.3 Å². The van der Waals surface area contributed by atoms with E-state index in [4.69, 9.17) is 0 Å². The number of sulfonamides is 1. The predicted octanol–water partition coefficient (Wildman–Crippen LogP) is 2.67. The van der Waals surface area contributed by atoms with Crippen LogP contribution in [0.1, 0.15) is 18.1 Å². The zero-order valence-corrected chi connectivity index (χ0v) is 17.5. The number of aliphatic imine (C=N–C) groups is 1. The first-order valence-corrected chi connectivity index (χ1v) is 10.4. The minimum Gasteiger partial charge on any atom is -0.357 e. The number of hydrogen-bond donors (Lipinski definition) is 1. The average molecular weight is 407 g/mol. The van der Waals surface area contributed by atoms with Crippen LogP contribution < -0.4 is 5.32 Å². The molecule has 0 aliphatic heterocycles. The summed E-state index contributed by atoms with van der Waals surface area (Å²) in [6, 6.07) is 13.1. The third-order valence-corrected chi connectivity index (χ3v) is 5.97. The lowest BCUT2D eigenvalue weighted by Gasteiger charge is -2.22. The maximum Gasteiger partial charge on any atom is 0.242 e. The van der Waals surface area contributed by atoms with E-state index in [1.165, 1.54) is 30.5 Å². The number of halogens is 1. The second-order valence-corrected chi connectivity index (χ2v) is 8.74. The quantitative estimate of drug-likeness (QED) is 0.567. The molecule has 0 aromatic heterocycles. The standard InChI is InChI=1S/C20H27FN4O2S/c1-5-22-20(25(4)15-17-6-10-18(21)11-7-17)23-14-16-8-12-19(13-9-16)28(26,27)24(2)3/h6-13H,5,14-15H2,1-4H3,(H,22,23). The lowest BCUT2D eigenvalue weighted by molar-refractivity contribution is 0.476. The lowest BCUT2D eigenvalue weighted by atomic mass is 10.2. The maximum absolute atomic E-state index is 13.1. The van der Waals surface area contributed by atoms with E-state index in [1.54, 1.807) is 36.4 Å². The molecular formula is C20H27FN4O2S. The molecule has 0 fully saturated rings. The van der Waals surface area contributed by atoms with Crippen molar-refractivity contribution in [2.24, 2.45) is 4.99 Å². The summed E-state index contributed by atoms with van der Waals surface area (Å²) in [7, 11) is 1.49. The van der Waals surface area contributed by atoms with Gasteiger partial charge in [0.25, 0.3) is 0 Å². The molecule has 0 radical (unpaired) electrons. The summed E-state index contributed by atoms with van der Waals surface area (Å²) in [6.07, 6.45) is 0. The molecule has 0 spiro atoms. The number of nitrogens with one attached hydrogen (secondary N) is 1. The number of benzene rings is 2. The molecule has 0 aliphatic carbocycles. The summed E-state index contributed by atoms with van der Waals surface area (Å²) in [5, 5.41) is 3.23. The minimum absolute atomic E-state index is 0.255. The van der Waals surface area contributed by atoms with Crippen LogP contribution in [0.5, 0.6) is 0 Å². The molecule has 0 heterocycles. The third kappa shape index (κ3) is 5.77. The summed E-state index contributed by atoms with van der Waals surface area (Å²) < 4.78 is 38.5. The summed E-state index contributed by atoms with van der Waals surface area (Å²) >= 11 is 0. The normalized spacial score (nSPS) is 12.3. The van der Waals surface area contributed by atoms with E-state index in [0.29, 0.717) is 19.6 Å². The minimum atomic E-state index is -3.43. The van der Waals surface area contributed by atoms with Crippen LogP contribution in [0.4, 0.5) is 4.39 Å². The van der Waals surface area contributed by atoms with Crippen LogP contribution >= 0.6 is 0 Å². The van der Waals surface area contributed by atoms with Gasteiger partial charge in [-0.15, -0.1) is 0 Å². The van der Waals surface area contributed by atoms with E-state index < -0.39 is 10.0 Å². The van der Waals surface area contributed by atoms with Gasteiger partial charge in [0.1, 0.15) is 5.82 Å². The van der Waals surface area contributed by atoms with Gasteiger partial charge in [0.05, 0.1) is 11.4 Å². The number of hydrogen-bond acceptors (Lipinski definition) is 3. The molecule has 8 heteroatoms. The smallest absolute Gasteiger partial charge is 0.242 e. The SMILES string of the molecule is CCNC(=NCc1ccc(S(=O)(=O)N(C)C)cc1)N(C)Cc1ccc(F)cc1. The molecule has 0 saturated carbocycles. The Morgan fingerprint density at radius 2 is 1.57 bits per heavy atom. The second kappa shape index (κ2) is 9.66. The van der Waals surface area contributed by atoms with Gasteiger partial charge in [-0.3, -0.25) is 0 Å². The molecular weight excluding hydrogens is 379 g/mol. The van der Waals surface area contributed by atoms with Crippen LogP contribution in [-0.2, 0) is 23.1 Å². The van der Waals surface area contributed by atoms with Gasteiger partial charge in [0, 0.05) is 34.2 Å². The Bertz CT molecular complexity index is 895. The molecule has 0 saturated heterocycles. The van der Waals surface area contributed by atoms with Crippen molar-refractivity contribution < 1.29 is 12.8 Å². The Kier molecular flexibility index (Phi) is 7.53. The van der Waals surface area contributed by atoms with Crippen LogP contribution in [-0.4, -0.2) is 51.3 Å². The average Bonchev–Trinajstić information content (AvgIpc) is 2.67. The van der Waals surface area contributed by atoms with Crippen LogP contribution in [0.3, 0.4) is 0 Å². The third-order valence-electron chi connectivity index (χ3n) is 4.14. The Morgan fingerprint density at radius 1 is 1.00 bits per heavy atom. The second-order valence-electron chi connectivity index (χ2n) is 6.58. The van der Waals surface area contributed by atoms with Crippen molar-refractivity contribution in [1.29, 1.82) is 0 Å². The zero-order chi connectivity index (χ0) is 20.7. The molecule has 28 heavy (non-hydrogen) atoms. The number of guanidine groups is 1. The lowest BCUT2D eigenvalue weighted by Crippen LogP contribution is -2.38. The van der Waals surface area contributed by atoms with E-state index in [-0.39, 0.29) is 10.7 Å². The number of rotatable bonds is 7. The van der Waals surface area contributed by atoms with Crippen LogP contribution in [0.15, 0.2) is 58.4 Å². The van der Waals surface area contributed by atoms with Crippen LogP contribution in [0, 0.1) is 5.82 Å². The molecule has 6 nitrogen and oxygen atoms in total. The zero-order valence-electron chi connectivity index (χ0n) is 16.7. The Morgan fingerprint density at radius 3 is 2.11 bits per heavy atom. The fourth-order valence-corrected chi connectivity index (χ4v) is 3.45. The Labute approximate surface area is 166 Å². The van der Waals surface area contributed by atoms with Crippen molar-refractivity contribution in [3.63, 3.8) is 0 Å². The monoisotopic (exact) mass is 406 g/mol. The van der Waals surface area contributed by atoms with E-state index >= 15 is 0 Å². The highest BCUT2D eigenvalue weighted by molar-refractivity contribution is 7.89. The molecule has 0 aliphatic rings. The first-order chi connectivity index (χ1) is 13.2. The van der Waals surface area contributed by atoms with E-state index in [0.717, 1.165) is 17.1 Å². The molecule has 0 atom stereocenters. The summed E-state index contributed by atoms with van der Waals surface area (Å²) in [6.45, 7) is 3.71. The summed E-state index contributed by atoms with van der Waals surface area (Å²) in [4.78, 5) is 6.84. The highest BCUT2D eigenvalue weighted by atomic mass is 32.2. The van der Waals surface area contributed by atoms with Crippen molar-refractivity contribution in [2.75, 3.05) is 27.7 Å². The van der Waals surface area contributed by atoms with Crippen LogP contribution in [0.2, 0.25) is 0 Å². The van der Waals surface area contributed by atoms with Gasteiger partial charge in [0.2, 0.25) is 10.0 Å². The molecule has 2 aromatic rings. The highest BCUT2D eigenvalue weighted by Gasteiger charge is 2.16. The van der Waals surface area contributed by atoms with Crippen molar-refractivity contribution in [1.82, 2.24) is 14.5 Å². The maximum atomic E-state index is 13.1. The van der Waals surface area contributed by atoms with E-state index in [2.05, 4.69) is 10.3 Å².